The fourth-order valence-corrected chi connectivity index (χ4v) is 3.15. The summed E-state index contributed by atoms with van der Waals surface area (Å²) in [6.45, 7) is 5.84. The maximum atomic E-state index is 12.7. The molecular formula is C14H26N2O. The highest BCUT2D eigenvalue weighted by atomic mass is 16.2. The average Bonchev–Trinajstić information content (AvgIpc) is 3.08. The van der Waals surface area contributed by atoms with Crippen molar-refractivity contribution < 1.29 is 4.79 Å². The Kier molecular flexibility index (Phi) is 3.76. The van der Waals surface area contributed by atoms with Gasteiger partial charge in [0.1, 0.15) is 0 Å². The highest BCUT2D eigenvalue weighted by molar-refractivity contribution is 5.80. The van der Waals surface area contributed by atoms with E-state index in [0.717, 1.165) is 13.0 Å². The molecule has 2 fully saturated rings. The first-order valence-corrected chi connectivity index (χ1v) is 7.07. The minimum atomic E-state index is 0.178. The van der Waals surface area contributed by atoms with Gasteiger partial charge >= 0.3 is 0 Å². The first-order valence-electron chi connectivity index (χ1n) is 7.07. The van der Waals surface area contributed by atoms with Gasteiger partial charge in [0.15, 0.2) is 0 Å². The second-order valence-electron chi connectivity index (χ2n) is 6.34. The van der Waals surface area contributed by atoms with E-state index < -0.39 is 0 Å². The average molecular weight is 238 g/mol. The molecule has 0 spiro atoms. The van der Waals surface area contributed by atoms with Crippen molar-refractivity contribution in [2.75, 3.05) is 13.1 Å². The molecule has 2 aliphatic carbocycles. The van der Waals surface area contributed by atoms with Crippen LogP contribution in [0.2, 0.25) is 0 Å². The number of carbonyl (C=O) groups is 1. The van der Waals surface area contributed by atoms with E-state index in [1.807, 2.05) is 0 Å². The zero-order valence-electron chi connectivity index (χ0n) is 11.2. The monoisotopic (exact) mass is 238 g/mol. The van der Waals surface area contributed by atoms with Crippen LogP contribution in [-0.2, 0) is 4.79 Å². The van der Waals surface area contributed by atoms with Gasteiger partial charge in [0.05, 0.1) is 0 Å². The molecule has 0 saturated heterocycles. The van der Waals surface area contributed by atoms with Crippen LogP contribution in [0.5, 0.6) is 0 Å². The predicted octanol–water partition coefficient (Wildman–Crippen LogP) is 2.15. The van der Waals surface area contributed by atoms with Gasteiger partial charge in [0, 0.05) is 25.0 Å². The van der Waals surface area contributed by atoms with Gasteiger partial charge in [-0.25, -0.2) is 0 Å². The van der Waals surface area contributed by atoms with Crippen LogP contribution in [0.4, 0.5) is 0 Å². The summed E-state index contributed by atoms with van der Waals surface area (Å²) in [7, 11) is 0. The highest BCUT2D eigenvalue weighted by Gasteiger charge is 2.42. The van der Waals surface area contributed by atoms with Crippen LogP contribution < -0.4 is 5.73 Å². The lowest BCUT2D eigenvalue weighted by molar-refractivity contribution is -0.141. The van der Waals surface area contributed by atoms with E-state index in [2.05, 4.69) is 18.7 Å². The number of carbonyl (C=O) groups excluding carboxylic acids is 1. The fraction of sp³-hybridized carbons (Fsp3) is 0.929. The van der Waals surface area contributed by atoms with Crippen LogP contribution >= 0.6 is 0 Å². The molecule has 1 amide bonds. The van der Waals surface area contributed by atoms with E-state index in [1.54, 1.807) is 0 Å². The maximum absolute atomic E-state index is 12.7. The van der Waals surface area contributed by atoms with Crippen LogP contribution in [0.3, 0.4) is 0 Å². The van der Waals surface area contributed by atoms with Gasteiger partial charge in [-0.3, -0.25) is 4.79 Å². The van der Waals surface area contributed by atoms with Gasteiger partial charge in [-0.05, 0) is 31.1 Å². The molecule has 0 aliphatic heterocycles. The molecule has 17 heavy (non-hydrogen) atoms. The van der Waals surface area contributed by atoms with E-state index >= 15 is 0 Å². The Hall–Kier alpha value is -0.570. The normalized spacial score (nSPS) is 27.8. The van der Waals surface area contributed by atoms with Crippen molar-refractivity contribution in [1.82, 2.24) is 4.90 Å². The Balaban J connectivity index is 2.05. The topological polar surface area (TPSA) is 46.3 Å². The van der Waals surface area contributed by atoms with Crippen molar-refractivity contribution in [3.05, 3.63) is 0 Å². The second kappa shape index (κ2) is 4.97. The molecule has 2 aliphatic rings. The van der Waals surface area contributed by atoms with E-state index in [4.69, 9.17) is 5.73 Å². The van der Waals surface area contributed by atoms with Gasteiger partial charge in [0.25, 0.3) is 0 Å². The van der Waals surface area contributed by atoms with E-state index in [1.165, 1.54) is 32.1 Å². The third-order valence-corrected chi connectivity index (χ3v) is 4.45. The van der Waals surface area contributed by atoms with Crippen LogP contribution in [0, 0.1) is 11.3 Å². The predicted molar refractivity (Wildman–Crippen MR) is 69.5 cm³/mol. The Morgan fingerprint density at radius 1 is 1.29 bits per heavy atom. The zero-order chi connectivity index (χ0) is 12.5. The molecule has 2 rings (SSSR count). The lowest BCUT2D eigenvalue weighted by Crippen LogP contribution is -2.46. The Bertz CT molecular complexity index is 284. The number of hydrogen-bond donors (Lipinski definition) is 1. The number of nitrogens with two attached hydrogens (primary N) is 1. The second-order valence-corrected chi connectivity index (χ2v) is 6.34. The molecule has 0 bridgehead atoms. The van der Waals surface area contributed by atoms with Crippen LogP contribution in [0.15, 0.2) is 0 Å². The first kappa shape index (κ1) is 12.9. The van der Waals surface area contributed by atoms with Crippen LogP contribution in [0.1, 0.15) is 52.4 Å². The summed E-state index contributed by atoms with van der Waals surface area (Å²) in [4.78, 5) is 14.7. The zero-order valence-corrected chi connectivity index (χ0v) is 11.2. The van der Waals surface area contributed by atoms with Crippen molar-refractivity contribution in [1.29, 1.82) is 0 Å². The molecular weight excluding hydrogens is 212 g/mol. The quantitative estimate of drug-likeness (QED) is 0.815. The lowest BCUT2D eigenvalue weighted by Gasteiger charge is -2.40. The summed E-state index contributed by atoms with van der Waals surface area (Å²) in [5.41, 5.74) is 5.81. The standard InChI is InChI=1S/C14H26N2O/c1-14(2)8-4-3-5-12(14)13(17)16(10-9-15)11-6-7-11/h11-12H,3-10,15H2,1-2H3. The third-order valence-electron chi connectivity index (χ3n) is 4.45. The summed E-state index contributed by atoms with van der Waals surface area (Å²) < 4.78 is 0. The SMILES string of the molecule is CC1(C)CCCCC1C(=O)N(CCN)C1CC1. The van der Waals surface area contributed by atoms with Crippen molar-refractivity contribution in [2.45, 2.75) is 58.4 Å². The van der Waals surface area contributed by atoms with Gasteiger partial charge in [-0.1, -0.05) is 26.7 Å². The van der Waals surface area contributed by atoms with Crippen LogP contribution in [-0.4, -0.2) is 29.9 Å². The summed E-state index contributed by atoms with van der Waals surface area (Å²) in [6, 6.07) is 0.503. The molecule has 0 radical (unpaired) electrons. The van der Waals surface area contributed by atoms with Gasteiger partial charge < -0.3 is 10.6 Å². The van der Waals surface area contributed by atoms with Crippen molar-refractivity contribution in [3.63, 3.8) is 0 Å². The largest absolute Gasteiger partial charge is 0.338 e. The van der Waals surface area contributed by atoms with Gasteiger partial charge in [-0.2, -0.15) is 0 Å². The number of hydrogen-bond acceptors (Lipinski definition) is 2. The fourth-order valence-electron chi connectivity index (χ4n) is 3.15. The van der Waals surface area contributed by atoms with E-state index in [9.17, 15) is 4.79 Å². The number of nitrogens with zero attached hydrogens (tertiary/aromatic N) is 1. The molecule has 3 heteroatoms. The maximum Gasteiger partial charge on any atom is 0.226 e. The summed E-state index contributed by atoms with van der Waals surface area (Å²) in [6.07, 6.45) is 7.10. The van der Waals surface area contributed by atoms with E-state index in [0.29, 0.717) is 18.5 Å². The highest BCUT2D eigenvalue weighted by Crippen LogP contribution is 2.42. The Labute approximate surface area is 105 Å². The van der Waals surface area contributed by atoms with Gasteiger partial charge in [0.2, 0.25) is 5.91 Å². The number of rotatable bonds is 4. The molecule has 1 unspecified atom stereocenters. The minimum Gasteiger partial charge on any atom is -0.338 e. The summed E-state index contributed by atoms with van der Waals surface area (Å²) in [5, 5.41) is 0. The molecule has 1 atom stereocenters. The Morgan fingerprint density at radius 3 is 2.53 bits per heavy atom. The van der Waals surface area contributed by atoms with Crippen LogP contribution in [0.25, 0.3) is 0 Å². The Morgan fingerprint density at radius 2 is 2.00 bits per heavy atom. The third kappa shape index (κ3) is 2.82. The smallest absolute Gasteiger partial charge is 0.226 e. The lowest BCUT2D eigenvalue weighted by atomic mass is 9.68. The van der Waals surface area contributed by atoms with E-state index in [-0.39, 0.29) is 11.3 Å². The molecule has 98 valence electrons. The molecule has 2 N–H and O–H groups in total. The van der Waals surface area contributed by atoms with Crippen molar-refractivity contribution >= 4 is 5.91 Å². The molecule has 3 nitrogen and oxygen atoms in total. The number of amides is 1. The molecule has 0 aromatic carbocycles. The summed E-state index contributed by atoms with van der Waals surface area (Å²) in [5.74, 6) is 0.603. The molecule has 0 heterocycles. The summed E-state index contributed by atoms with van der Waals surface area (Å²) >= 11 is 0. The first-order chi connectivity index (χ1) is 8.06. The molecule has 0 aromatic rings. The van der Waals surface area contributed by atoms with Crippen molar-refractivity contribution in [2.24, 2.45) is 17.1 Å². The minimum absolute atomic E-state index is 0.178. The molecule has 0 aromatic heterocycles. The molecule has 2 saturated carbocycles. The van der Waals surface area contributed by atoms with Crippen molar-refractivity contribution in [3.8, 4) is 0 Å². The van der Waals surface area contributed by atoms with Gasteiger partial charge in [-0.15, -0.1) is 0 Å².